The van der Waals surface area contributed by atoms with Crippen LogP contribution in [0.3, 0.4) is 0 Å². The van der Waals surface area contributed by atoms with E-state index in [2.05, 4.69) is 34.7 Å². The minimum absolute atomic E-state index is 0.112. The van der Waals surface area contributed by atoms with Crippen LogP contribution in [0, 0.1) is 0 Å². The third-order valence-electron chi connectivity index (χ3n) is 4.41. The first-order chi connectivity index (χ1) is 11.6. The van der Waals surface area contributed by atoms with E-state index in [4.69, 9.17) is 4.74 Å². The Morgan fingerprint density at radius 2 is 2.04 bits per heavy atom. The van der Waals surface area contributed by atoms with Gasteiger partial charge in [0.15, 0.2) is 5.96 Å². The highest BCUT2D eigenvalue weighted by atomic mass is 16.5. The fourth-order valence-electron chi connectivity index (χ4n) is 2.67. The molecule has 1 aromatic rings. The van der Waals surface area contributed by atoms with Crippen LogP contribution in [-0.4, -0.2) is 42.9 Å². The first-order valence-electron chi connectivity index (χ1n) is 9.04. The van der Waals surface area contributed by atoms with Gasteiger partial charge in [-0.3, -0.25) is 4.99 Å². The zero-order valence-corrected chi connectivity index (χ0v) is 14.9. The minimum atomic E-state index is -0.573. The number of ether oxygens (including phenoxy) is 1. The van der Waals surface area contributed by atoms with Crippen LogP contribution < -0.4 is 10.6 Å². The molecule has 0 saturated heterocycles. The first kappa shape index (κ1) is 18.7. The molecule has 0 aromatic heterocycles. The average molecular weight is 333 g/mol. The Balaban J connectivity index is 1.64. The summed E-state index contributed by atoms with van der Waals surface area (Å²) in [6.45, 7) is 6.90. The molecule has 0 amide bonds. The second-order valence-electron chi connectivity index (χ2n) is 6.48. The van der Waals surface area contributed by atoms with E-state index in [1.807, 2.05) is 25.1 Å². The summed E-state index contributed by atoms with van der Waals surface area (Å²) in [6, 6.07) is 10.3. The fraction of sp³-hybridized carbons (Fsp3) is 0.632. The Morgan fingerprint density at radius 3 is 2.67 bits per heavy atom. The number of hydrogen-bond donors (Lipinski definition) is 3. The molecule has 1 unspecified atom stereocenters. The van der Waals surface area contributed by atoms with Gasteiger partial charge in [-0.15, -0.1) is 0 Å². The van der Waals surface area contributed by atoms with E-state index >= 15 is 0 Å². The van der Waals surface area contributed by atoms with E-state index in [0.29, 0.717) is 13.2 Å². The van der Waals surface area contributed by atoms with E-state index < -0.39 is 5.60 Å². The summed E-state index contributed by atoms with van der Waals surface area (Å²) in [5, 5.41) is 16.6. The second kappa shape index (κ2) is 9.64. The van der Waals surface area contributed by atoms with Crippen molar-refractivity contribution in [3.05, 3.63) is 35.9 Å². The van der Waals surface area contributed by atoms with Crippen LogP contribution in [0.1, 0.15) is 51.2 Å². The van der Waals surface area contributed by atoms with Crippen molar-refractivity contribution < 1.29 is 9.84 Å². The highest BCUT2D eigenvalue weighted by molar-refractivity contribution is 5.79. The first-order valence-corrected chi connectivity index (χ1v) is 9.04. The Labute approximate surface area is 145 Å². The van der Waals surface area contributed by atoms with E-state index in [1.54, 1.807) is 0 Å². The quantitative estimate of drug-likeness (QED) is 0.369. The van der Waals surface area contributed by atoms with E-state index in [0.717, 1.165) is 44.7 Å². The van der Waals surface area contributed by atoms with Gasteiger partial charge < -0.3 is 20.5 Å². The van der Waals surface area contributed by atoms with E-state index in [1.165, 1.54) is 5.56 Å². The number of guanidine groups is 1. The van der Waals surface area contributed by atoms with Crippen molar-refractivity contribution in [2.75, 3.05) is 26.2 Å². The molecule has 1 saturated carbocycles. The largest absolute Gasteiger partial charge is 0.388 e. The van der Waals surface area contributed by atoms with Gasteiger partial charge in [-0.1, -0.05) is 30.3 Å². The summed E-state index contributed by atoms with van der Waals surface area (Å²) in [5.74, 6) is 0.772. The lowest BCUT2D eigenvalue weighted by Gasteiger charge is -2.35. The Kier molecular flexibility index (Phi) is 7.53. The lowest BCUT2D eigenvalue weighted by Crippen LogP contribution is -2.43. The van der Waals surface area contributed by atoms with Gasteiger partial charge in [0.2, 0.25) is 0 Å². The Hall–Kier alpha value is -1.59. The lowest BCUT2D eigenvalue weighted by molar-refractivity contribution is -0.0236. The Bertz CT molecular complexity index is 501. The summed E-state index contributed by atoms with van der Waals surface area (Å²) in [4.78, 5) is 4.49. The third kappa shape index (κ3) is 6.13. The topological polar surface area (TPSA) is 65.9 Å². The SMILES string of the molecule is CCNC(=NCC1(O)CCC1)NCCCOC(C)c1ccccc1. The van der Waals surface area contributed by atoms with Crippen molar-refractivity contribution in [1.82, 2.24) is 10.6 Å². The molecule has 5 heteroatoms. The number of rotatable bonds is 9. The molecule has 1 aliphatic carbocycles. The monoisotopic (exact) mass is 333 g/mol. The molecule has 134 valence electrons. The molecule has 0 spiro atoms. The van der Waals surface area contributed by atoms with Crippen LogP contribution in [0.4, 0.5) is 0 Å². The van der Waals surface area contributed by atoms with Crippen LogP contribution in [0.15, 0.2) is 35.3 Å². The molecular weight excluding hydrogens is 302 g/mol. The molecule has 1 atom stereocenters. The van der Waals surface area contributed by atoms with Gasteiger partial charge in [0, 0.05) is 19.7 Å². The number of benzene rings is 1. The standard InChI is InChI=1S/C19H31N3O2/c1-3-20-18(22-15-19(23)11-7-12-19)21-13-8-14-24-16(2)17-9-5-4-6-10-17/h4-6,9-10,16,23H,3,7-8,11-15H2,1-2H3,(H2,20,21,22). The predicted molar refractivity (Wildman–Crippen MR) is 98.2 cm³/mol. The maximum Gasteiger partial charge on any atom is 0.191 e. The molecule has 5 nitrogen and oxygen atoms in total. The van der Waals surface area contributed by atoms with Crippen molar-refractivity contribution in [2.45, 2.75) is 51.2 Å². The zero-order chi connectivity index (χ0) is 17.3. The van der Waals surface area contributed by atoms with Gasteiger partial charge in [0.05, 0.1) is 18.2 Å². The van der Waals surface area contributed by atoms with Crippen molar-refractivity contribution >= 4 is 5.96 Å². The summed E-state index contributed by atoms with van der Waals surface area (Å²) in [6.07, 6.45) is 3.85. The number of nitrogens with zero attached hydrogens (tertiary/aromatic N) is 1. The van der Waals surface area contributed by atoms with Crippen LogP contribution in [-0.2, 0) is 4.74 Å². The highest BCUT2D eigenvalue weighted by Crippen LogP contribution is 2.31. The van der Waals surface area contributed by atoms with Gasteiger partial charge >= 0.3 is 0 Å². The van der Waals surface area contributed by atoms with Gasteiger partial charge in [0.1, 0.15) is 0 Å². The van der Waals surface area contributed by atoms with E-state index in [-0.39, 0.29) is 6.10 Å². The predicted octanol–water partition coefficient (Wildman–Crippen LogP) is 2.62. The lowest BCUT2D eigenvalue weighted by atomic mass is 9.80. The van der Waals surface area contributed by atoms with Crippen LogP contribution in [0.5, 0.6) is 0 Å². The maximum absolute atomic E-state index is 10.1. The molecule has 0 radical (unpaired) electrons. The third-order valence-corrected chi connectivity index (χ3v) is 4.41. The van der Waals surface area contributed by atoms with Crippen molar-refractivity contribution in [1.29, 1.82) is 0 Å². The number of aliphatic imine (C=N–C) groups is 1. The normalized spacial score (nSPS) is 17.9. The molecule has 0 bridgehead atoms. The van der Waals surface area contributed by atoms with Crippen LogP contribution >= 0.6 is 0 Å². The fourth-order valence-corrected chi connectivity index (χ4v) is 2.67. The highest BCUT2D eigenvalue weighted by Gasteiger charge is 2.34. The second-order valence-corrected chi connectivity index (χ2v) is 6.48. The molecule has 1 aliphatic rings. The molecule has 0 heterocycles. The number of hydrogen-bond acceptors (Lipinski definition) is 3. The van der Waals surface area contributed by atoms with Gasteiger partial charge in [-0.25, -0.2) is 0 Å². The maximum atomic E-state index is 10.1. The number of nitrogens with one attached hydrogen (secondary N) is 2. The average Bonchev–Trinajstić information content (AvgIpc) is 2.58. The molecule has 3 N–H and O–H groups in total. The van der Waals surface area contributed by atoms with Crippen LogP contribution in [0.2, 0.25) is 0 Å². The molecule has 2 rings (SSSR count). The van der Waals surface area contributed by atoms with Crippen LogP contribution in [0.25, 0.3) is 0 Å². The van der Waals surface area contributed by atoms with Gasteiger partial charge in [-0.2, -0.15) is 0 Å². The minimum Gasteiger partial charge on any atom is -0.388 e. The Morgan fingerprint density at radius 1 is 1.29 bits per heavy atom. The molecule has 1 aromatic carbocycles. The summed E-state index contributed by atoms with van der Waals surface area (Å²) in [5.41, 5.74) is 0.630. The summed E-state index contributed by atoms with van der Waals surface area (Å²) < 4.78 is 5.87. The smallest absolute Gasteiger partial charge is 0.191 e. The summed E-state index contributed by atoms with van der Waals surface area (Å²) in [7, 11) is 0. The zero-order valence-electron chi connectivity index (χ0n) is 14.9. The number of aliphatic hydroxyl groups is 1. The molecule has 1 fully saturated rings. The van der Waals surface area contributed by atoms with Gasteiger partial charge in [-0.05, 0) is 45.1 Å². The molecule has 0 aliphatic heterocycles. The molecule has 24 heavy (non-hydrogen) atoms. The van der Waals surface area contributed by atoms with Crippen molar-refractivity contribution in [2.24, 2.45) is 4.99 Å². The summed E-state index contributed by atoms with van der Waals surface area (Å²) >= 11 is 0. The van der Waals surface area contributed by atoms with Gasteiger partial charge in [0.25, 0.3) is 0 Å². The van der Waals surface area contributed by atoms with E-state index in [9.17, 15) is 5.11 Å². The molecular formula is C19H31N3O2. The van der Waals surface area contributed by atoms with Crippen molar-refractivity contribution in [3.63, 3.8) is 0 Å². The van der Waals surface area contributed by atoms with Crippen molar-refractivity contribution in [3.8, 4) is 0 Å².